The Hall–Kier alpha value is -1.25. The van der Waals surface area contributed by atoms with Crippen LogP contribution in [0.2, 0.25) is 0 Å². The third kappa shape index (κ3) is 4.51. The van der Waals surface area contributed by atoms with Gasteiger partial charge in [0.2, 0.25) is 21.2 Å². The smallest absolute Gasteiger partial charge is 0.263 e. The zero-order chi connectivity index (χ0) is 12.2. The summed E-state index contributed by atoms with van der Waals surface area (Å²) in [6.45, 7) is 0. The summed E-state index contributed by atoms with van der Waals surface area (Å²) >= 11 is -2.16. The Labute approximate surface area is 95.8 Å². The van der Waals surface area contributed by atoms with E-state index in [1.165, 1.54) is 12.1 Å². The Kier molecular flexibility index (Phi) is 4.16. The van der Waals surface area contributed by atoms with Gasteiger partial charge in [-0.1, -0.05) is 18.2 Å². The van der Waals surface area contributed by atoms with Crippen LogP contribution in [0.15, 0.2) is 30.3 Å². The highest BCUT2D eigenvalue weighted by atomic mass is 32.3. The first kappa shape index (κ1) is 12.8. The van der Waals surface area contributed by atoms with Gasteiger partial charge in [-0.2, -0.15) is 0 Å². The van der Waals surface area contributed by atoms with Crippen LogP contribution in [0, 0.1) is 0 Å². The van der Waals surface area contributed by atoms with E-state index in [4.69, 9.17) is 0 Å². The first-order valence-electron chi connectivity index (χ1n) is 4.14. The second-order valence-electron chi connectivity index (χ2n) is 2.92. The molecule has 0 aromatic heterocycles. The van der Waals surface area contributed by atoms with Crippen LogP contribution in [-0.4, -0.2) is 24.8 Å². The molecule has 0 heterocycles. The molecule has 1 aromatic rings. The monoisotopic (exact) mass is 262 g/mol. The average molecular weight is 262 g/mol. The van der Waals surface area contributed by atoms with Crippen molar-refractivity contribution >= 4 is 27.1 Å². The normalized spacial score (nSPS) is 13.1. The molecule has 6 nitrogen and oxygen atoms in total. The van der Waals surface area contributed by atoms with E-state index in [0.29, 0.717) is 5.56 Å². The minimum atomic E-state index is -3.62. The molecule has 1 unspecified atom stereocenters. The minimum Gasteiger partial charge on any atom is -0.268 e. The summed E-state index contributed by atoms with van der Waals surface area (Å²) in [4.78, 5) is 11.4. The fraction of sp³-hybridized carbons (Fsp3) is 0.125. The summed E-state index contributed by atoms with van der Waals surface area (Å²) in [5.74, 6) is -0.616. The molecule has 1 rings (SSSR count). The van der Waals surface area contributed by atoms with E-state index in [0.717, 1.165) is 6.26 Å². The number of carbonyl (C=O) groups is 1. The SMILES string of the molecule is CS(=O)(=O)NS(=O)NC(=O)c1ccccc1. The number of benzene rings is 1. The van der Waals surface area contributed by atoms with Crippen molar-refractivity contribution in [3.63, 3.8) is 0 Å². The van der Waals surface area contributed by atoms with Crippen LogP contribution < -0.4 is 8.85 Å². The lowest BCUT2D eigenvalue weighted by molar-refractivity contribution is 0.0983. The van der Waals surface area contributed by atoms with Crippen LogP contribution in [0.1, 0.15) is 10.4 Å². The maximum absolute atomic E-state index is 11.4. The van der Waals surface area contributed by atoms with Crippen molar-refractivity contribution in [3.8, 4) is 0 Å². The van der Waals surface area contributed by atoms with Crippen LogP contribution in [0.4, 0.5) is 0 Å². The fourth-order valence-electron chi connectivity index (χ4n) is 0.891. The van der Waals surface area contributed by atoms with Crippen LogP contribution >= 0.6 is 0 Å². The van der Waals surface area contributed by atoms with E-state index in [1.807, 2.05) is 4.72 Å². The number of carbonyl (C=O) groups excluding carboxylic acids is 1. The van der Waals surface area contributed by atoms with Crippen molar-refractivity contribution in [3.05, 3.63) is 35.9 Å². The molecule has 0 saturated carbocycles. The Morgan fingerprint density at radius 3 is 2.31 bits per heavy atom. The molecular formula is C8H10N2O4S2. The van der Waals surface area contributed by atoms with Crippen molar-refractivity contribution in [2.75, 3.05) is 6.26 Å². The highest BCUT2D eigenvalue weighted by molar-refractivity contribution is 8.00. The molecule has 0 aliphatic heterocycles. The standard InChI is InChI=1S/C8H10N2O4S2/c1-16(13,14)10-15(12)9-8(11)7-5-3-2-4-6-7/h2-6,10H,1H3,(H,9,11). The largest absolute Gasteiger partial charge is 0.268 e. The molecule has 1 atom stereocenters. The molecule has 1 amide bonds. The van der Waals surface area contributed by atoms with Gasteiger partial charge >= 0.3 is 0 Å². The zero-order valence-corrected chi connectivity index (χ0v) is 9.97. The Bertz CT molecular complexity index is 498. The van der Waals surface area contributed by atoms with Gasteiger partial charge in [-0.3, -0.25) is 9.52 Å². The number of rotatable bonds is 4. The van der Waals surface area contributed by atoms with E-state index in [-0.39, 0.29) is 0 Å². The molecule has 0 aliphatic carbocycles. The minimum absolute atomic E-state index is 0.297. The van der Waals surface area contributed by atoms with Crippen LogP contribution in [0.25, 0.3) is 0 Å². The molecule has 8 heteroatoms. The molecule has 0 aliphatic rings. The van der Waals surface area contributed by atoms with Gasteiger partial charge in [0.1, 0.15) is 0 Å². The molecule has 16 heavy (non-hydrogen) atoms. The summed E-state index contributed by atoms with van der Waals surface area (Å²) in [5, 5.41) is 0. The van der Waals surface area contributed by atoms with Crippen molar-refractivity contribution in [2.45, 2.75) is 0 Å². The second kappa shape index (κ2) is 5.19. The van der Waals surface area contributed by atoms with Crippen LogP contribution in [-0.2, 0) is 21.2 Å². The van der Waals surface area contributed by atoms with Crippen molar-refractivity contribution in [1.29, 1.82) is 0 Å². The van der Waals surface area contributed by atoms with E-state index in [1.54, 1.807) is 22.3 Å². The maximum atomic E-state index is 11.4. The summed E-state index contributed by atoms with van der Waals surface area (Å²) in [6.07, 6.45) is 0.847. The number of nitrogens with one attached hydrogen (secondary N) is 2. The molecule has 0 saturated heterocycles. The van der Waals surface area contributed by atoms with E-state index in [9.17, 15) is 17.4 Å². The molecule has 0 spiro atoms. The number of sulfonamides is 1. The highest BCUT2D eigenvalue weighted by Gasteiger charge is 2.11. The third-order valence-corrected chi connectivity index (χ3v) is 3.64. The number of amides is 1. The Morgan fingerprint density at radius 1 is 1.25 bits per heavy atom. The lowest BCUT2D eigenvalue weighted by Crippen LogP contribution is -2.37. The molecule has 0 bridgehead atoms. The van der Waals surface area contributed by atoms with Gasteiger partial charge in [0, 0.05) is 5.56 Å². The lowest BCUT2D eigenvalue weighted by atomic mass is 10.2. The molecule has 88 valence electrons. The number of hydrogen-bond acceptors (Lipinski definition) is 4. The summed E-state index contributed by atoms with van der Waals surface area (Å²) in [5.41, 5.74) is 0.297. The predicted molar refractivity (Wildman–Crippen MR) is 60.0 cm³/mol. The van der Waals surface area contributed by atoms with Gasteiger partial charge in [0.15, 0.2) is 0 Å². The van der Waals surface area contributed by atoms with Gasteiger partial charge < -0.3 is 0 Å². The van der Waals surface area contributed by atoms with Gasteiger partial charge in [0.05, 0.1) is 6.26 Å². The van der Waals surface area contributed by atoms with Crippen LogP contribution in [0.5, 0.6) is 0 Å². The Balaban J connectivity index is 2.63. The average Bonchev–Trinajstić information content (AvgIpc) is 2.16. The lowest BCUT2D eigenvalue weighted by Gasteiger charge is -2.04. The first-order valence-corrected chi connectivity index (χ1v) is 7.18. The first-order chi connectivity index (χ1) is 7.38. The summed E-state index contributed by atoms with van der Waals surface area (Å²) < 4.78 is 36.3. The summed E-state index contributed by atoms with van der Waals surface area (Å²) in [6, 6.07) is 8.05. The maximum Gasteiger partial charge on any atom is 0.263 e. The second-order valence-corrected chi connectivity index (χ2v) is 5.87. The Morgan fingerprint density at radius 2 is 1.81 bits per heavy atom. The van der Waals surface area contributed by atoms with Crippen molar-refractivity contribution < 1.29 is 17.4 Å². The van der Waals surface area contributed by atoms with Gasteiger partial charge in [0.25, 0.3) is 5.91 Å². The zero-order valence-electron chi connectivity index (χ0n) is 8.34. The number of hydrogen-bond donors (Lipinski definition) is 2. The molecule has 0 radical (unpaired) electrons. The van der Waals surface area contributed by atoms with Crippen molar-refractivity contribution in [2.24, 2.45) is 0 Å². The molecule has 2 N–H and O–H groups in total. The van der Waals surface area contributed by atoms with Crippen LogP contribution in [0.3, 0.4) is 0 Å². The fourth-order valence-corrected chi connectivity index (χ4v) is 2.44. The quantitative estimate of drug-likeness (QED) is 0.768. The van der Waals surface area contributed by atoms with Gasteiger partial charge in [-0.25, -0.2) is 12.6 Å². The molecule has 0 fully saturated rings. The van der Waals surface area contributed by atoms with E-state index in [2.05, 4.69) is 0 Å². The van der Waals surface area contributed by atoms with E-state index >= 15 is 0 Å². The van der Waals surface area contributed by atoms with E-state index < -0.39 is 27.1 Å². The van der Waals surface area contributed by atoms with Gasteiger partial charge in [-0.15, -0.1) is 4.13 Å². The topological polar surface area (TPSA) is 92.3 Å². The van der Waals surface area contributed by atoms with Gasteiger partial charge in [-0.05, 0) is 12.1 Å². The third-order valence-electron chi connectivity index (χ3n) is 1.45. The van der Waals surface area contributed by atoms with Crippen molar-refractivity contribution in [1.82, 2.24) is 8.85 Å². The summed E-state index contributed by atoms with van der Waals surface area (Å²) in [7, 11) is -3.62. The molecule has 1 aromatic carbocycles. The highest BCUT2D eigenvalue weighted by Crippen LogP contribution is 1.97. The predicted octanol–water partition coefficient (Wildman–Crippen LogP) is -0.456. The molecular weight excluding hydrogens is 252 g/mol.